The maximum Gasteiger partial charge on any atom is 0.303 e. The summed E-state index contributed by atoms with van der Waals surface area (Å²) in [6.45, 7) is 1.92. The van der Waals surface area contributed by atoms with Crippen molar-refractivity contribution in [3.8, 4) is 0 Å². The van der Waals surface area contributed by atoms with Crippen LogP contribution >= 0.6 is 0 Å². The van der Waals surface area contributed by atoms with Crippen LogP contribution in [0.15, 0.2) is 36.5 Å². The molecular weight excluding hydrogens is 248 g/mol. The number of carboxylic acid groups (broad SMARTS) is 1. The van der Waals surface area contributed by atoms with E-state index in [9.17, 15) is 4.79 Å². The highest BCUT2D eigenvalue weighted by Gasteiger charge is 1.95. The number of rotatable bonds is 13. The molecule has 0 bridgehead atoms. The van der Waals surface area contributed by atoms with Crippen molar-refractivity contribution in [2.24, 2.45) is 0 Å². The van der Waals surface area contributed by atoms with Gasteiger partial charge in [0.05, 0.1) is 0 Å². The molecule has 0 radical (unpaired) electrons. The maximum atomic E-state index is 10.4. The molecule has 0 atom stereocenters. The Morgan fingerprint density at radius 3 is 2.10 bits per heavy atom. The molecule has 0 amide bonds. The van der Waals surface area contributed by atoms with Crippen LogP contribution in [0.4, 0.5) is 0 Å². The Morgan fingerprint density at radius 2 is 1.45 bits per heavy atom. The fraction of sp³-hybridized carbons (Fsp3) is 0.611. The van der Waals surface area contributed by atoms with E-state index in [1.807, 2.05) is 6.92 Å². The van der Waals surface area contributed by atoms with Gasteiger partial charge in [0.25, 0.3) is 0 Å². The zero-order chi connectivity index (χ0) is 18.5. The normalized spacial score (nSPS) is 16.4. The minimum absolute atomic E-state index is 0.230. The van der Waals surface area contributed by atoms with Gasteiger partial charge in [-0.2, -0.15) is 0 Å². The topological polar surface area (TPSA) is 37.3 Å². The number of hydrogen-bond acceptors (Lipinski definition) is 1. The zero-order valence-electron chi connectivity index (χ0n) is 16.5. The van der Waals surface area contributed by atoms with Gasteiger partial charge in [0.2, 0.25) is 0 Å². The molecule has 0 unspecified atom stereocenters. The van der Waals surface area contributed by atoms with Gasteiger partial charge in [0, 0.05) is 11.9 Å². The molecule has 0 spiro atoms. The highest BCUT2D eigenvalue weighted by molar-refractivity contribution is 5.66. The van der Waals surface area contributed by atoms with Crippen molar-refractivity contribution in [3.63, 3.8) is 0 Å². The van der Waals surface area contributed by atoms with Gasteiger partial charge in [-0.15, -0.1) is 0 Å². The molecule has 0 aliphatic rings. The van der Waals surface area contributed by atoms with E-state index in [0.29, 0.717) is 6.42 Å². The molecule has 114 valence electrons. The molecule has 0 rings (SSSR count). The molecular formula is C18H30O2. The first-order valence-corrected chi connectivity index (χ1v) is 7.46. The number of allylic oxidation sites excluding steroid dienone is 6. The van der Waals surface area contributed by atoms with E-state index < -0.39 is 18.7 Å². The zero-order valence-corrected chi connectivity index (χ0v) is 12.5. The van der Waals surface area contributed by atoms with Crippen LogP contribution in [0.1, 0.15) is 76.5 Å². The molecule has 0 heterocycles. The molecule has 2 nitrogen and oxygen atoms in total. The second-order valence-corrected chi connectivity index (χ2v) is 4.58. The van der Waals surface area contributed by atoms with Gasteiger partial charge >= 0.3 is 5.97 Å². The lowest BCUT2D eigenvalue weighted by atomic mass is 10.1. The predicted octanol–water partition coefficient (Wildman–Crippen LogP) is 5.66. The first-order valence-electron chi connectivity index (χ1n) is 9.46. The molecule has 0 aromatic heterocycles. The Hall–Kier alpha value is -1.31. The molecule has 0 aliphatic carbocycles. The van der Waals surface area contributed by atoms with E-state index in [1.54, 1.807) is 12.2 Å². The largest absolute Gasteiger partial charge is 0.481 e. The highest BCUT2D eigenvalue weighted by atomic mass is 16.4. The molecule has 2 heteroatoms. The monoisotopic (exact) mass is 282 g/mol. The van der Waals surface area contributed by atoms with Gasteiger partial charge in [-0.3, -0.25) is 4.79 Å². The van der Waals surface area contributed by atoms with Gasteiger partial charge in [0.15, 0.2) is 0 Å². The third kappa shape index (κ3) is 16.7. The van der Waals surface area contributed by atoms with Crippen molar-refractivity contribution in [3.05, 3.63) is 36.5 Å². The van der Waals surface area contributed by atoms with E-state index in [-0.39, 0.29) is 6.42 Å². The standard InChI is InChI=1S/C18H30O2/c1-2-3-4-5-6-7-8-9-10-11-12-13-14-15-16-17-18(19)20/h3-4,6-7,9-10H,2,5,8,11-17H2,1H3,(H,19,20)/b4-3-,7-6-,10-9-/i5D2,8D2. The molecule has 0 fully saturated rings. The summed E-state index contributed by atoms with van der Waals surface area (Å²) in [7, 11) is 0. The Balaban J connectivity index is 4.02. The smallest absolute Gasteiger partial charge is 0.303 e. The molecule has 0 aromatic rings. The van der Waals surface area contributed by atoms with Gasteiger partial charge in [-0.25, -0.2) is 0 Å². The van der Waals surface area contributed by atoms with Crippen molar-refractivity contribution in [1.29, 1.82) is 0 Å². The van der Waals surface area contributed by atoms with Crippen LogP contribution in [0, 0.1) is 0 Å². The van der Waals surface area contributed by atoms with Crippen LogP contribution in [0.2, 0.25) is 0 Å². The lowest BCUT2D eigenvalue weighted by molar-refractivity contribution is -0.137. The van der Waals surface area contributed by atoms with E-state index >= 15 is 0 Å². The Bertz CT molecular complexity index is 440. The average molecular weight is 282 g/mol. The van der Waals surface area contributed by atoms with Crippen molar-refractivity contribution < 1.29 is 15.4 Å². The fourth-order valence-electron chi connectivity index (χ4n) is 1.61. The fourth-order valence-corrected chi connectivity index (χ4v) is 1.61. The number of carbonyl (C=O) groups is 1. The van der Waals surface area contributed by atoms with Crippen molar-refractivity contribution in [2.45, 2.75) is 71.0 Å². The third-order valence-electron chi connectivity index (χ3n) is 2.70. The summed E-state index contributed by atoms with van der Waals surface area (Å²) in [5, 5.41) is 8.52. The summed E-state index contributed by atoms with van der Waals surface area (Å²) in [4.78, 5) is 10.4. The summed E-state index contributed by atoms with van der Waals surface area (Å²) in [6, 6.07) is 0. The number of hydrogen-bond donors (Lipinski definition) is 1. The summed E-state index contributed by atoms with van der Waals surface area (Å²) in [5.74, 6) is -0.747. The average Bonchev–Trinajstić information content (AvgIpc) is 2.49. The second kappa shape index (κ2) is 15.7. The summed E-state index contributed by atoms with van der Waals surface area (Å²) in [5.41, 5.74) is 0. The van der Waals surface area contributed by atoms with E-state index in [4.69, 9.17) is 10.6 Å². The molecule has 20 heavy (non-hydrogen) atoms. The third-order valence-corrected chi connectivity index (χ3v) is 2.70. The van der Waals surface area contributed by atoms with Crippen molar-refractivity contribution in [2.75, 3.05) is 0 Å². The number of carboxylic acids is 1. The lowest BCUT2D eigenvalue weighted by Gasteiger charge is -1.98. The van der Waals surface area contributed by atoms with E-state index in [1.165, 1.54) is 24.3 Å². The van der Waals surface area contributed by atoms with Crippen LogP contribution in [-0.2, 0) is 4.79 Å². The minimum Gasteiger partial charge on any atom is -0.481 e. The summed E-state index contributed by atoms with van der Waals surface area (Å²) >= 11 is 0. The van der Waals surface area contributed by atoms with Crippen LogP contribution < -0.4 is 0 Å². The van der Waals surface area contributed by atoms with Crippen molar-refractivity contribution >= 4 is 5.97 Å². The molecule has 0 aliphatic heterocycles. The maximum absolute atomic E-state index is 10.4. The van der Waals surface area contributed by atoms with Crippen LogP contribution in [0.25, 0.3) is 0 Å². The van der Waals surface area contributed by atoms with E-state index in [2.05, 4.69) is 0 Å². The summed E-state index contributed by atoms with van der Waals surface area (Å²) in [6.07, 6.45) is 12.0. The second-order valence-electron chi connectivity index (χ2n) is 4.58. The van der Waals surface area contributed by atoms with Crippen molar-refractivity contribution in [1.82, 2.24) is 0 Å². The lowest BCUT2D eigenvalue weighted by Crippen LogP contribution is -1.93. The van der Waals surface area contributed by atoms with Crippen LogP contribution in [0.3, 0.4) is 0 Å². The highest BCUT2D eigenvalue weighted by Crippen LogP contribution is 2.07. The molecule has 0 saturated carbocycles. The molecule has 0 saturated heterocycles. The summed E-state index contributed by atoms with van der Waals surface area (Å²) < 4.78 is 31.1. The molecule has 1 N–H and O–H groups in total. The predicted molar refractivity (Wildman–Crippen MR) is 86.9 cm³/mol. The van der Waals surface area contributed by atoms with Gasteiger partial charge < -0.3 is 5.11 Å². The Labute approximate surface area is 129 Å². The van der Waals surface area contributed by atoms with Crippen LogP contribution in [0.5, 0.6) is 0 Å². The van der Waals surface area contributed by atoms with Gasteiger partial charge in [-0.1, -0.05) is 62.6 Å². The SMILES string of the molecule is [2H]C([2H])(/C=C\CC)/C=C\C([2H])([2H])/C=C\CCCCCCCC(=O)O. The Kier molecular flexibility index (Phi) is 9.79. The van der Waals surface area contributed by atoms with Crippen LogP contribution in [-0.4, -0.2) is 11.1 Å². The molecule has 0 aromatic carbocycles. The first-order chi connectivity index (χ1) is 11.2. The van der Waals surface area contributed by atoms with Gasteiger partial charge in [0.1, 0.15) is 0 Å². The quantitative estimate of drug-likeness (QED) is 0.349. The first kappa shape index (κ1) is 12.4. The minimum atomic E-state index is -1.66. The van der Waals surface area contributed by atoms with E-state index in [0.717, 1.165) is 38.5 Å². The van der Waals surface area contributed by atoms with Gasteiger partial charge in [-0.05, 0) is 38.4 Å². The number of aliphatic carboxylic acids is 1. The Morgan fingerprint density at radius 1 is 0.900 bits per heavy atom. The number of unbranched alkanes of at least 4 members (excludes halogenated alkanes) is 5.